The molecule has 0 bridgehead atoms. The number of hydrogen-bond acceptors (Lipinski definition) is 2. The van der Waals surface area contributed by atoms with Crippen LogP contribution in [0.5, 0.6) is 0 Å². The van der Waals surface area contributed by atoms with E-state index in [1.165, 1.54) is 12.0 Å². The summed E-state index contributed by atoms with van der Waals surface area (Å²) < 4.78 is 2.24. The SMILES string of the molecule is Cc1ccc(-c2nc(C(=O)NCc3cccc(Cl)c3)c3n2CCCCC3)cc1. The summed E-state index contributed by atoms with van der Waals surface area (Å²) in [6, 6.07) is 15.9. The Balaban J connectivity index is 1.64. The number of rotatable bonds is 4. The maximum atomic E-state index is 13.0. The van der Waals surface area contributed by atoms with E-state index in [9.17, 15) is 4.79 Å². The lowest BCUT2D eigenvalue weighted by Gasteiger charge is -2.09. The summed E-state index contributed by atoms with van der Waals surface area (Å²) >= 11 is 6.04. The summed E-state index contributed by atoms with van der Waals surface area (Å²) in [4.78, 5) is 17.8. The van der Waals surface area contributed by atoms with Gasteiger partial charge in [0.1, 0.15) is 11.5 Å². The van der Waals surface area contributed by atoms with Gasteiger partial charge in [-0.05, 0) is 43.9 Å². The minimum absolute atomic E-state index is 0.121. The quantitative estimate of drug-likeness (QED) is 0.664. The molecule has 1 amide bonds. The van der Waals surface area contributed by atoms with Crippen molar-refractivity contribution in [2.45, 2.75) is 45.7 Å². The van der Waals surface area contributed by atoms with Crippen LogP contribution in [0.1, 0.15) is 46.6 Å². The zero-order valence-electron chi connectivity index (χ0n) is 16.0. The first-order valence-electron chi connectivity index (χ1n) is 9.81. The van der Waals surface area contributed by atoms with E-state index in [-0.39, 0.29) is 5.91 Å². The van der Waals surface area contributed by atoms with E-state index in [0.29, 0.717) is 17.3 Å². The highest BCUT2D eigenvalue weighted by Crippen LogP contribution is 2.27. The van der Waals surface area contributed by atoms with Gasteiger partial charge in [0, 0.05) is 23.7 Å². The molecule has 0 unspecified atom stereocenters. The third-order valence-electron chi connectivity index (χ3n) is 5.23. The summed E-state index contributed by atoms with van der Waals surface area (Å²) in [5, 5.41) is 3.68. The Morgan fingerprint density at radius 1 is 1.14 bits per heavy atom. The van der Waals surface area contributed by atoms with Gasteiger partial charge in [-0.2, -0.15) is 0 Å². The molecule has 0 saturated carbocycles. The minimum Gasteiger partial charge on any atom is -0.347 e. The summed E-state index contributed by atoms with van der Waals surface area (Å²) in [5.74, 6) is 0.772. The standard InChI is InChI=1S/C23H24ClN3O/c1-16-9-11-18(12-10-16)22-26-21(20-8-3-2-4-13-27(20)22)23(28)25-15-17-6-5-7-19(24)14-17/h5-7,9-12,14H,2-4,8,13,15H2,1H3,(H,25,28). The van der Waals surface area contributed by atoms with Crippen molar-refractivity contribution in [2.24, 2.45) is 0 Å². The fraction of sp³-hybridized carbons (Fsp3) is 0.304. The van der Waals surface area contributed by atoms with Crippen molar-refractivity contribution < 1.29 is 4.79 Å². The lowest BCUT2D eigenvalue weighted by molar-refractivity contribution is 0.0945. The summed E-state index contributed by atoms with van der Waals surface area (Å²) in [5.41, 5.74) is 4.86. The fourth-order valence-electron chi connectivity index (χ4n) is 3.74. The molecule has 0 saturated heterocycles. The molecule has 2 heterocycles. The molecular weight excluding hydrogens is 370 g/mol. The lowest BCUT2D eigenvalue weighted by Crippen LogP contribution is -2.24. The van der Waals surface area contributed by atoms with Crippen LogP contribution in [0.3, 0.4) is 0 Å². The zero-order chi connectivity index (χ0) is 19.5. The first-order chi connectivity index (χ1) is 13.6. The van der Waals surface area contributed by atoms with Crippen LogP contribution in [0, 0.1) is 6.92 Å². The molecule has 1 aliphatic rings. The highest BCUT2D eigenvalue weighted by molar-refractivity contribution is 6.30. The van der Waals surface area contributed by atoms with Gasteiger partial charge in [0.05, 0.1) is 5.69 Å². The van der Waals surface area contributed by atoms with E-state index in [0.717, 1.165) is 48.5 Å². The molecular formula is C23H24ClN3O. The number of nitrogens with zero attached hydrogens (tertiary/aromatic N) is 2. The molecule has 144 valence electrons. The maximum Gasteiger partial charge on any atom is 0.272 e. The van der Waals surface area contributed by atoms with Crippen LogP contribution in [0.15, 0.2) is 48.5 Å². The van der Waals surface area contributed by atoms with E-state index in [4.69, 9.17) is 16.6 Å². The van der Waals surface area contributed by atoms with Gasteiger partial charge in [-0.3, -0.25) is 4.79 Å². The van der Waals surface area contributed by atoms with Crippen LogP contribution in [0.4, 0.5) is 0 Å². The first-order valence-corrected chi connectivity index (χ1v) is 10.2. The molecule has 4 rings (SSSR count). The molecule has 1 aromatic heterocycles. The third-order valence-corrected chi connectivity index (χ3v) is 5.47. The van der Waals surface area contributed by atoms with Crippen molar-refractivity contribution in [1.82, 2.24) is 14.9 Å². The number of carbonyl (C=O) groups is 1. The molecule has 2 aromatic carbocycles. The van der Waals surface area contributed by atoms with Crippen molar-refractivity contribution >= 4 is 17.5 Å². The predicted octanol–water partition coefficient (Wildman–Crippen LogP) is 5.17. The normalized spacial score (nSPS) is 13.6. The molecule has 1 aliphatic heterocycles. The first kappa shape index (κ1) is 18.8. The number of aryl methyl sites for hydroxylation is 1. The van der Waals surface area contributed by atoms with E-state index >= 15 is 0 Å². The Kier molecular flexibility index (Phi) is 5.49. The second kappa shape index (κ2) is 8.19. The number of amides is 1. The molecule has 5 heteroatoms. The molecule has 28 heavy (non-hydrogen) atoms. The Morgan fingerprint density at radius 3 is 2.75 bits per heavy atom. The average Bonchev–Trinajstić information content (AvgIpc) is 2.88. The fourth-order valence-corrected chi connectivity index (χ4v) is 3.95. The average molecular weight is 394 g/mol. The Hall–Kier alpha value is -2.59. The molecule has 4 nitrogen and oxygen atoms in total. The topological polar surface area (TPSA) is 46.9 Å². The van der Waals surface area contributed by atoms with Crippen LogP contribution in [-0.4, -0.2) is 15.5 Å². The minimum atomic E-state index is -0.121. The van der Waals surface area contributed by atoms with Gasteiger partial charge < -0.3 is 9.88 Å². The number of benzene rings is 2. The van der Waals surface area contributed by atoms with Crippen molar-refractivity contribution in [1.29, 1.82) is 0 Å². The van der Waals surface area contributed by atoms with Crippen LogP contribution >= 0.6 is 11.6 Å². The van der Waals surface area contributed by atoms with Crippen LogP contribution < -0.4 is 5.32 Å². The van der Waals surface area contributed by atoms with Gasteiger partial charge in [0.2, 0.25) is 0 Å². The second-order valence-electron chi connectivity index (χ2n) is 7.37. The molecule has 3 aromatic rings. The van der Waals surface area contributed by atoms with Crippen molar-refractivity contribution in [3.63, 3.8) is 0 Å². The van der Waals surface area contributed by atoms with Gasteiger partial charge in [0.15, 0.2) is 0 Å². The number of carbonyl (C=O) groups excluding carboxylic acids is 1. The van der Waals surface area contributed by atoms with E-state index in [1.807, 2.05) is 24.3 Å². The van der Waals surface area contributed by atoms with E-state index < -0.39 is 0 Å². The Bertz CT molecular complexity index is 992. The van der Waals surface area contributed by atoms with Crippen molar-refractivity contribution in [3.05, 3.63) is 76.1 Å². The van der Waals surface area contributed by atoms with Gasteiger partial charge in [-0.15, -0.1) is 0 Å². The van der Waals surface area contributed by atoms with Crippen molar-refractivity contribution in [2.75, 3.05) is 0 Å². The zero-order valence-corrected chi connectivity index (χ0v) is 16.8. The Morgan fingerprint density at radius 2 is 1.96 bits per heavy atom. The highest BCUT2D eigenvalue weighted by Gasteiger charge is 2.24. The van der Waals surface area contributed by atoms with Gasteiger partial charge in [-0.25, -0.2) is 4.98 Å². The van der Waals surface area contributed by atoms with E-state index in [1.54, 1.807) is 0 Å². The number of nitrogens with one attached hydrogen (secondary N) is 1. The maximum absolute atomic E-state index is 13.0. The molecule has 0 fully saturated rings. The third kappa shape index (κ3) is 3.97. The van der Waals surface area contributed by atoms with Crippen LogP contribution in [0.25, 0.3) is 11.4 Å². The number of halogens is 1. The molecule has 0 radical (unpaired) electrons. The monoisotopic (exact) mass is 393 g/mol. The predicted molar refractivity (Wildman–Crippen MR) is 113 cm³/mol. The highest BCUT2D eigenvalue weighted by atomic mass is 35.5. The van der Waals surface area contributed by atoms with Crippen LogP contribution in [0.2, 0.25) is 5.02 Å². The molecule has 0 spiro atoms. The molecule has 1 N–H and O–H groups in total. The number of hydrogen-bond donors (Lipinski definition) is 1. The second-order valence-corrected chi connectivity index (χ2v) is 7.81. The smallest absolute Gasteiger partial charge is 0.272 e. The van der Waals surface area contributed by atoms with E-state index in [2.05, 4.69) is 41.1 Å². The summed E-state index contributed by atoms with van der Waals surface area (Å²) in [6.45, 7) is 3.42. The largest absolute Gasteiger partial charge is 0.347 e. The number of imidazole rings is 1. The number of aromatic nitrogens is 2. The van der Waals surface area contributed by atoms with Crippen LogP contribution in [-0.2, 0) is 19.5 Å². The Labute approximate surface area is 170 Å². The van der Waals surface area contributed by atoms with Crippen molar-refractivity contribution in [3.8, 4) is 11.4 Å². The molecule has 0 atom stereocenters. The van der Waals surface area contributed by atoms with Gasteiger partial charge >= 0.3 is 0 Å². The molecule has 0 aliphatic carbocycles. The number of fused-ring (bicyclic) bond motifs is 1. The summed E-state index contributed by atoms with van der Waals surface area (Å²) in [7, 11) is 0. The van der Waals surface area contributed by atoms with Gasteiger partial charge in [-0.1, -0.05) is 60.0 Å². The lowest BCUT2D eigenvalue weighted by atomic mass is 10.1. The van der Waals surface area contributed by atoms with Gasteiger partial charge in [0.25, 0.3) is 5.91 Å². The summed E-state index contributed by atoms with van der Waals surface area (Å²) in [6.07, 6.45) is 4.27.